The summed E-state index contributed by atoms with van der Waals surface area (Å²) in [6, 6.07) is 0. The summed E-state index contributed by atoms with van der Waals surface area (Å²) in [5.41, 5.74) is 18.4. The van der Waals surface area contributed by atoms with Crippen LogP contribution in [0.4, 0.5) is 0 Å². The highest BCUT2D eigenvalue weighted by Gasteiger charge is 2.06. The minimum absolute atomic E-state index is 0. The van der Waals surface area contributed by atoms with Crippen molar-refractivity contribution in [2.24, 2.45) is 46.4 Å². The Balaban J connectivity index is -0.0000000504. The first-order chi connectivity index (χ1) is 36.7. The van der Waals surface area contributed by atoms with Gasteiger partial charge in [-0.15, -0.1) is 0 Å². The van der Waals surface area contributed by atoms with Crippen LogP contribution in [-0.2, 0) is 0 Å². The minimum Gasteiger partial charge on any atom is -0.349 e. The minimum atomic E-state index is 0. The molecule has 0 unspecified atom stereocenters. The molecule has 0 saturated carbocycles. The second-order valence-corrected chi connectivity index (χ2v) is 22.5. The van der Waals surface area contributed by atoms with Crippen molar-refractivity contribution in [2.75, 3.05) is 6.54 Å². The van der Waals surface area contributed by atoms with Crippen molar-refractivity contribution >= 4 is 6.34 Å². The van der Waals surface area contributed by atoms with Gasteiger partial charge in [0.05, 0.1) is 30.3 Å². The first kappa shape index (κ1) is 119. The Bertz CT molecular complexity index is 1660. The summed E-state index contributed by atoms with van der Waals surface area (Å²) in [5, 5.41) is 31.4. The molecule has 0 aliphatic carbocycles. The third-order valence-electron chi connectivity index (χ3n) is 5.42. The quantitative estimate of drug-likeness (QED) is 0.109. The highest BCUT2D eigenvalue weighted by atomic mass is 15.6. The van der Waals surface area contributed by atoms with E-state index >= 15 is 0 Å². The average molecular weight is 1250 g/mol. The maximum atomic E-state index is 3.78. The van der Waals surface area contributed by atoms with Crippen LogP contribution >= 0.6 is 0 Å². The van der Waals surface area contributed by atoms with E-state index in [1.807, 2.05) is 12.2 Å². The molecule has 3 saturated heterocycles. The van der Waals surface area contributed by atoms with Gasteiger partial charge in [0, 0.05) is 59.7 Å². The van der Waals surface area contributed by atoms with Crippen LogP contribution in [0.5, 0.6) is 0 Å². The molecule has 0 amide bonds. The molecule has 0 aromatic rings. The summed E-state index contributed by atoms with van der Waals surface area (Å²) in [6.45, 7) is 93.6. The predicted molar refractivity (Wildman–Crippen MR) is 412 cm³/mol. The Labute approximate surface area is 551 Å². The van der Waals surface area contributed by atoms with Crippen molar-refractivity contribution in [1.82, 2.24) is 85.7 Å². The summed E-state index contributed by atoms with van der Waals surface area (Å²) in [6.07, 6.45) is 13.2. The third kappa shape index (κ3) is 143. The van der Waals surface area contributed by atoms with Gasteiger partial charge in [0.2, 0.25) is 0 Å². The van der Waals surface area contributed by atoms with E-state index in [-0.39, 0.29) is 59.4 Å². The van der Waals surface area contributed by atoms with Gasteiger partial charge in [0.25, 0.3) is 0 Å². The topological polar surface area (TPSA) is 205 Å². The Hall–Kier alpha value is -7.37. The zero-order valence-corrected chi connectivity index (χ0v) is 54.6. The van der Waals surface area contributed by atoms with E-state index in [9.17, 15) is 0 Å². The number of hydrogen-bond acceptors (Lipinski definition) is 17. The van der Waals surface area contributed by atoms with Crippen LogP contribution in [-0.4, -0.2) is 12.9 Å². The van der Waals surface area contributed by atoms with Crippen LogP contribution in [0, 0.1) is 41.4 Å². The van der Waals surface area contributed by atoms with E-state index in [0.29, 0.717) is 29.1 Å². The largest absolute Gasteiger partial charge is 0.349 e. The molecule has 3 fully saturated rings. The highest BCUT2D eigenvalue weighted by Crippen LogP contribution is 2.09. The smallest absolute Gasteiger partial charge is 0.125 e. The molecular weight excluding hydrogens is 1090 g/mol. The number of nitrogens with one attached hydrogen (secondary N) is 16. The van der Waals surface area contributed by atoms with Crippen molar-refractivity contribution in [3.8, 4) is 0 Å². The summed E-state index contributed by atoms with van der Waals surface area (Å²) < 4.78 is 0. The van der Waals surface area contributed by atoms with Gasteiger partial charge in [-0.1, -0.05) is 290 Å². The summed E-state index contributed by atoms with van der Waals surface area (Å²) in [7, 11) is 0. The van der Waals surface area contributed by atoms with Crippen LogP contribution in [0.1, 0.15) is 211 Å². The lowest BCUT2D eigenvalue weighted by Gasteiger charge is -2.23. The zero-order valence-electron chi connectivity index (χ0n) is 54.6. The Morgan fingerprint density at radius 1 is 0.318 bits per heavy atom. The van der Waals surface area contributed by atoms with Crippen molar-refractivity contribution < 1.29 is 0 Å². The fourth-order valence-electron chi connectivity index (χ4n) is 3.36. The van der Waals surface area contributed by atoms with Crippen molar-refractivity contribution in [2.45, 2.75) is 211 Å². The monoisotopic (exact) mass is 1250 g/mol. The molecule has 7 heterocycles. The van der Waals surface area contributed by atoms with E-state index in [1.165, 1.54) is 0 Å². The first-order valence-electron chi connectivity index (χ1n) is 27.4. The van der Waals surface area contributed by atoms with Gasteiger partial charge in [-0.05, 0) is 53.6 Å². The summed E-state index contributed by atoms with van der Waals surface area (Å²) in [5.74, 6) is 11.6. The predicted octanol–water partition coefficient (Wildman–Crippen LogP) is 18.2. The summed E-state index contributed by atoms with van der Waals surface area (Å²) >= 11 is 0. The van der Waals surface area contributed by atoms with E-state index in [2.05, 4.69) is 322 Å². The standard InChI is InChI=1S/C7H10N2.C6H9N3.C6H8N2.C5H7N3.2C4H6N2.7C4H10.C3H7N3.8CH4/c1-5-4-6(2)9-7(3)8-5;1-4-7-5(2)9-6(3)8-4;1-5-3-4-7-6(2)8-5;1-4-6-3-7-5(2)8-4;1-4-5-2-3-6-4;1-4-2-3-5-6-4;7*1-4(2)3;1-3-2-4-6-5-3;;;;;;;;/h8-9H,1-4H2;7-9H,1-3H2;3-4,7-8H,1-2H2;3,8H,1-2H2,(H,6,7);2*2-3,5-6H,1H2;7*4H,1-3H3;4-6H,1-2H2;8*1H4. The zero-order chi connectivity index (χ0) is 63.9. The second-order valence-electron chi connectivity index (χ2n) is 22.5. The van der Waals surface area contributed by atoms with Gasteiger partial charge < -0.3 is 74.8 Å². The fraction of sp³-hybridized carbons (Fsp3) is 0.535. The van der Waals surface area contributed by atoms with Crippen molar-refractivity contribution in [3.63, 3.8) is 0 Å². The molecule has 0 radical (unpaired) electrons. The molecule has 0 aromatic carbocycles. The molecule has 7 aliphatic heterocycles. The first-order valence-corrected chi connectivity index (χ1v) is 27.4. The maximum absolute atomic E-state index is 3.78. The Kier molecular flexibility index (Phi) is 107. The normalized spacial score (nSPS) is 13.6. The molecule has 16 N–H and O–H groups in total. The molecule has 17 heteroatoms. The Morgan fingerprint density at radius 2 is 0.625 bits per heavy atom. The fourth-order valence-corrected chi connectivity index (χ4v) is 3.36. The number of aliphatic imine (C=N–C) groups is 1. The van der Waals surface area contributed by atoms with E-state index in [1.54, 1.807) is 31.1 Å². The third-order valence-corrected chi connectivity index (χ3v) is 5.42. The SMILES string of the molecule is C.C.C.C.C.C.C.C.C=C1C=CNC(=C)N1.C=C1C=CNN1.C=C1CC(=C)NC(=C)N1.C=C1CNNN1.C=C1N=CNC(=C)N1.C=C1NC(=C)NC(=C)N1.C=C1NC=CN1.CC(C)C.CC(C)C.CC(C)C.CC(C)C.CC(C)C.CC(C)C.CC(C)C. The molecule has 0 bridgehead atoms. The average Bonchev–Trinajstić information content (AvgIpc) is 4.05. The maximum Gasteiger partial charge on any atom is 0.125 e. The second kappa shape index (κ2) is 79.6. The molecule has 7 aliphatic rings. The van der Waals surface area contributed by atoms with Gasteiger partial charge in [-0.2, -0.15) is 5.53 Å². The molecule has 88 heavy (non-hydrogen) atoms. The van der Waals surface area contributed by atoms with Crippen LogP contribution in [0.15, 0.2) is 203 Å². The molecular formula is C71H155N17. The lowest BCUT2D eigenvalue weighted by atomic mass is 10.2. The van der Waals surface area contributed by atoms with Gasteiger partial charge in [-0.3, -0.25) is 0 Å². The highest BCUT2D eigenvalue weighted by molar-refractivity contribution is 5.60. The van der Waals surface area contributed by atoms with Gasteiger partial charge in [0.15, 0.2) is 0 Å². The van der Waals surface area contributed by atoms with Crippen LogP contribution in [0.2, 0.25) is 0 Å². The van der Waals surface area contributed by atoms with Gasteiger partial charge in [-0.25, -0.2) is 10.4 Å². The summed E-state index contributed by atoms with van der Waals surface area (Å²) in [4.78, 5) is 3.78. The molecule has 0 aromatic heterocycles. The Morgan fingerprint density at radius 3 is 0.784 bits per heavy atom. The number of hydrazine groups is 3. The molecule has 17 nitrogen and oxygen atoms in total. The van der Waals surface area contributed by atoms with Crippen molar-refractivity contribution in [3.05, 3.63) is 198 Å². The van der Waals surface area contributed by atoms with E-state index in [0.717, 1.165) is 100 Å². The number of hydrogen-bond donors (Lipinski definition) is 16. The lowest BCUT2D eigenvalue weighted by Crippen LogP contribution is -2.40. The molecule has 524 valence electrons. The van der Waals surface area contributed by atoms with Crippen LogP contribution in [0.3, 0.4) is 0 Å². The van der Waals surface area contributed by atoms with Gasteiger partial charge >= 0.3 is 0 Å². The molecule has 7 rings (SSSR count). The van der Waals surface area contributed by atoms with E-state index in [4.69, 9.17) is 0 Å². The molecule has 0 spiro atoms. The van der Waals surface area contributed by atoms with Gasteiger partial charge in [0.1, 0.15) is 29.1 Å². The van der Waals surface area contributed by atoms with Crippen LogP contribution in [0.25, 0.3) is 0 Å². The number of rotatable bonds is 0. The van der Waals surface area contributed by atoms with Crippen LogP contribution < -0.4 is 85.7 Å². The number of allylic oxidation sites excluding steroid dienone is 2. The van der Waals surface area contributed by atoms with E-state index < -0.39 is 0 Å². The van der Waals surface area contributed by atoms with Crippen molar-refractivity contribution in [1.29, 1.82) is 0 Å². The number of nitrogens with zero attached hydrogens (tertiary/aromatic N) is 1. The molecule has 0 atom stereocenters. The lowest BCUT2D eigenvalue weighted by molar-refractivity contribution is 0.602.